The number of hydrogen-bond acceptors (Lipinski definition) is 4. The Morgan fingerprint density at radius 1 is 0.522 bits per heavy atom. The molecule has 0 radical (unpaired) electrons. The summed E-state index contributed by atoms with van der Waals surface area (Å²) in [6.45, 7) is 4.27. The van der Waals surface area contributed by atoms with Crippen LogP contribution in [0.15, 0.2) is 0 Å². The summed E-state index contributed by atoms with van der Waals surface area (Å²) >= 11 is 0. The fourth-order valence-electron chi connectivity index (χ4n) is 2.59. The van der Waals surface area contributed by atoms with Gasteiger partial charge in [0.1, 0.15) is 0 Å². The standard InChI is InChI=1S/C17H32O4S2/c1-3-5-7-9-11-13-15-17(23(20)21)16(22(18)19)14-12-10-8-6-4-2/h3-15H2,1-2H3. The predicted molar refractivity (Wildman–Crippen MR) is 99.2 cm³/mol. The molecule has 0 spiro atoms. The highest BCUT2D eigenvalue weighted by molar-refractivity contribution is 7.82. The first-order chi connectivity index (χ1) is 11.0. The minimum Gasteiger partial charge on any atom is -0.184 e. The Morgan fingerprint density at radius 3 is 1.13 bits per heavy atom. The molecule has 0 aromatic rings. The van der Waals surface area contributed by atoms with Crippen LogP contribution in [0, 0.1) is 0 Å². The molecule has 0 saturated heterocycles. The zero-order valence-electron chi connectivity index (χ0n) is 14.6. The molecule has 6 heteroatoms. The Labute approximate surface area is 144 Å². The fourth-order valence-corrected chi connectivity index (χ4v) is 4.19. The zero-order valence-corrected chi connectivity index (χ0v) is 16.3. The van der Waals surface area contributed by atoms with Crippen molar-refractivity contribution >= 4 is 30.3 Å². The van der Waals surface area contributed by atoms with E-state index in [1.165, 1.54) is 12.8 Å². The molecule has 0 fully saturated rings. The van der Waals surface area contributed by atoms with Crippen LogP contribution in [-0.2, 0) is 20.6 Å². The van der Waals surface area contributed by atoms with Gasteiger partial charge in [-0.2, -0.15) is 16.8 Å². The first-order valence-electron chi connectivity index (χ1n) is 8.95. The molecule has 4 nitrogen and oxygen atoms in total. The van der Waals surface area contributed by atoms with Crippen LogP contribution in [0.5, 0.6) is 0 Å². The summed E-state index contributed by atoms with van der Waals surface area (Å²) in [5, 5.41) is 0. The van der Waals surface area contributed by atoms with Crippen molar-refractivity contribution < 1.29 is 16.8 Å². The second-order valence-corrected chi connectivity index (χ2v) is 7.92. The minimum absolute atomic E-state index is 0.100. The van der Waals surface area contributed by atoms with Crippen molar-refractivity contribution in [3.8, 4) is 0 Å². The van der Waals surface area contributed by atoms with E-state index in [0.29, 0.717) is 12.8 Å². The quantitative estimate of drug-likeness (QED) is 0.342. The summed E-state index contributed by atoms with van der Waals surface area (Å²) in [4.78, 5) is 0.202. The van der Waals surface area contributed by atoms with Crippen LogP contribution in [0.2, 0.25) is 0 Å². The third kappa shape index (κ3) is 11.5. The Morgan fingerprint density at radius 2 is 0.826 bits per heavy atom. The van der Waals surface area contributed by atoms with E-state index in [0.717, 1.165) is 57.8 Å². The first-order valence-corrected chi connectivity index (χ1v) is 11.1. The molecule has 0 rings (SSSR count). The Balaban J connectivity index is 4.53. The maximum atomic E-state index is 11.4. The fraction of sp³-hybridized carbons (Fsp3) is 0.882. The maximum absolute atomic E-state index is 11.4. The molecule has 0 bridgehead atoms. The van der Waals surface area contributed by atoms with E-state index in [-0.39, 0.29) is 9.73 Å². The Bertz CT molecular complexity index is 556. The monoisotopic (exact) mass is 364 g/mol. The van der Waals surface area contributed by atoms with Crippen molar-refractivity contribution in [1.82, 2.24) is 0 Å². The molecule has 0 amide bonds. The molecule has 136 valence electrons. The Kier molecular flexibility index (Phi) is 14.5. The van der Waals surface area contributed by atoms with Crippen LogP contribution in [0.1, 0.15) is 97.3 Å². The van der Waals surface area contributed by atoms with Crippen molar-refractivity contribution in [2.45, 2.75) is 97.3 Å². The van der Waals surface area contributed by atoms with Gasteiger partial charge in [-0.15, -0.1) is 0 Å². The topological polar surface area (TPSA) is 68.3 Å². The lowest BCUT2D eigenvalue weighted by Gasteiger charge is -2.05. The summed E-state index contributed by atoms with van der Waals surface area (Å²) in [5.74, 6) is 0. The van der Waals surface area contributed by atoms with Gasteiger partial charge in [0.05, 0.1) is 9.73 Å². The van der Waals surface area contributed by atoms with Crippen LogP contribution < -0.4 is 0 Å². The lowest BCUT2D eigenvalue weighted by molar-refractivity contribution is 0.613. The van der Waals surface area contributed by atoms with E-state index in [4.69, 9.17) is 0 Å². The van der Waals surface area contributed by atoms with Crippen LogP contribution in [-0.4, -0.2) is 26.6 Å². The summed E-state index contributed by atoms with van der Waals surface area (Å²) in [6, 6.07) is 0. The smallest absolute Gasteiger partial charge is 0.184 e. The third-order valence-electron chi connectivity index (χ3n) is 3.98. The Hall–Kier alpha value is -0.620. The van der Waals surface area contributed by atoms with Crippen LogP contribution in [0.4, 0.5) is 0 Å². The average molecular weight is 365 g/mol. The first kappa shape index (κ1) is 22.4. The SMILES string of the molecule is CCCCCCCCC(C(CCCCCCC)=S(=O)=O)=S(=O)=O. The van der Waals surface area contributed by atoms with Gasteiger partial charge >= 0.3 is 0 Å². The third-order valence-corrected chi connectivity index (χ3v) is 5.81. The predicted octanol–water partition coefficient (Wildman–Crippen LogP) is 4.20. The van der Waals surface area contributed by atoms with Gasteiger partial charge in [-0.1, -0.05) is 71.6 Å². The van der Waals surface area contributed by atoms with Gasteiger partial charge < -0.3 is 0 Å². The molecule has 0 atom stereocenters. The molecular formula is C17H32O4S2. The molecule has 0 heterocycles. The summed E-state index contributed by atoms with van der Waals surface area (Å²) < 4.78 is 45.6. The second-order valence-electron chi connectivity index (χ2n) is 6.00. The summed E-state index contributed by atoms with van der Waals surface area (Å²) in [5.41, 5.74) is 0. The van der Waals surface area contributed by atoms with E-state index >= 15 is 0 Å². The second kappa shape index (κ2) is 14.9. The van der Waals surface area contributed by atoms with E-state index < -0.39 is 20.6 Å². The molecule has 0 aromatic heterocycles. The van der Waals surface area contributed by atoms with Gasteiger partial charge in [0, 0.05) is 0 Å². The van der Waals surface area contributed by atoms with Crippen molar-refractivity contribution in [1.29, 1.82) is 0 Å². The molecular weight excluding hydrogens is 332 g/mol. The van der Waals surface area contributed by atoms with Crippen LogP contribution >= 0.6 is 0 Å². The van der Waals surface area contributed by atoms with Gasteiger partial charge in [-0.05, 0) is 25.7 Å². The molecule has 0 unspecified atom stereocenters. The normalized spacial score (nSPS) is 10.5. The minimum atomic E-state index is -2.44. The maximum Gasteiger partial charge on any atom is 0.218 e. The van der Waals surface area contributed by atoms with Gasteiger partial charge in [-0.3, -0.25) is 0 Å². The van der Waals surface area contributed by atoms with Gasteiger partial charge in [0.2, 0.25) is 20.6 Å². The van der Waals surface area contributed by atoms with Crippen LogP contribution in [0.3, 0.4) is 0 Å². The molecule has 0 aromatic carbocycles. The van der Waals surface area contributed by atoms with Crippen molar-refractivity contribution in [2.24, 2.45) is 0 Å². The number of hydrogen-bond donors (Lipinski definition) is 0. The highest BCUT2D eigenvalue weighted by atomic mass is 32.2. The van der Waals surface area contributed by atoms with Crippen molar-refractivity contribution in [3.05, 3.63) is 0 Å². The van der Waals surface area contributed by atoms with Gasteiger partial charge in [-0.25, -0.2) is 0 Å². The van der Waals surface area contributed by atoms with E-state index in [2.05, 4.69) is 13.8 Å². The van der Waals surface area contributed by atoms with Gasteiger partial charge in [0.15, 0.2) is 0 Å². The highest BCUT2D eigenvalue weighted by Gasteiger charge is 2.13. The number of unbranched alkanes of at least 4 members (excludes halogenated alkanes) is 9. The summed E-state index contributed by atoms with van der Waals surface area (Å²) in [7, 11) is -4.87. The van der Waals surface area contributed by atoms with Crippen molar-refractivity contribution in [2.75, 3.05) is 0 Å². The van der Waals surface area contributed by atoms with E-state index in [1.54, 1.807) is 0 Å². The van der Waals surface area contributed by atoms with E-state index in [9.17, 15) is 16.8 Å². The lowest BCUT2D eigenvalue weighted by atomic mass is 10.0. The lowest BCUT2D eigenvalue weighted by Crippen LogP contribution is -2.16. The molecule has 0 aliphatic carbocycles. The number of rotatable bonds is 14. The van der Waals surface area contributed by atoms with E-state index in [1.807, 2.05) is 0 Å². The largest absolute Gasteiger partial charge is 0.218 e. The summed E-state index contributed by atoms with van der Waals surface area (Å²) in [6.07, 6.45) is 12.0. The molecule has 23 heavy (non-hydrogen) atoms. The van der Waals surface area contributed by atoms with Crippen molar-refractivity contribution in [3.63, 3.8) is 0 Å². The molecule has 0 saturated carbocycles. The van der Waals surface area contributed by atoms with Crippen LogP contribution in [0.25, 0.3) is 0 Å². The average Bonchev–Trinajstić information content (AvgIpc) is 2.50. The molecule has 0 aliphatic heterocycles. The molecule has 0 N–H and O–H groups in total. The zero-order chi connectivity index (χ0) is 17.5. The molecule has 0 aliphatic rings. The van der Waals surface area contributed by atoms with Gasteiger partial charge in [0.25, 0.3) is 0 Å². The highest BCUT2D eigenvalue weighted by Crippen LogP contribution is 2.11.